The van der Waals surface area contributed by atoms with Crippen molar-refractivity contribution in [3.05, 3.63) is 75.8 Å². The van der Waals surface area contributed by atoms with E-state index in [9.17, 15) is 4.79 Å². The molecule has 1 saturated heterocycles. The number of H-pyrrole nitrogens is 1. The van der Waals surface area contributed by atoms with Crippen LogP contribution in [0.15, 0.2) is 53.6 Å². The van der Waals surface area contributed by atoms with Gasteiger partial charge in [-0.15, -0.1) is 0 Å². The average Bonchev–Trinajstić information content (AvgIpc) is 3.30. The quantitative estimate of drug-likeness (QED) is 0.279. The summed E-state index contributed by atoms with van der Waals surface area (Å²) in [5, 5.41) is 1.02. The van der Waals surface area contributed by atoms with Crippen LogP contribution in [0.3, 0.4) is 0 Å². The number of aromatic nitrogens is 5. The van der Waals surface area contributed by atoms with Gasteiger partial charge < -0.3 is 23.9 Å². The molecule has 4 heterocycles. The molecule has 1 aliphatic heterocycles. The lowest BCUT2D eigenvalue weighted by Crippen LogP contribution is -2.36. The number of nitrogens with zero attached hydrogens (tertiary/aromatic N) is 5. The fourth-order valence-corrected chi connectivity index (χ4v) is 5.78. The third-order valence-electron chi connectivity index (χ3n) is 7.43. The van der Waals surface area contributed by atoms with Crippen molar-refractivity contribution >= 4 is 33.5 Å². The molecule has 0 spiro atoms. The van der Waals surface area contributed by atoms with Crippen LogP contribution in [0.1, 0.15) is 24.7 Å². The summed E-state index contributed by atoms with van der Waals surface area (Å²) >= 11 is 6.63. The molecule has 0 saturated carbocycles. The van der Waals surface area contributed by atoms with Gasteiger partial charge in [-0.1, -0.05) is 11.6 Å². The van der Waals surface area contributed by atoms with Gasteiger partial charge in [-0.05, 0) is 50.1 Å². The van der Waals surface area contributed by atoms with E-state index in [4.69, 9.17) is 21.1 Å². The zero-order valence-electron chi connectivity index (χ0n) is 22.2. The van der Waals surface area contributed by atoms with E-state index in [1.807, 2.05) is 6.92 Å². The molecule has 40 heavy (non-hydrogen) atoms. The van der Waals surface area contributed by atoms with Crippen LogP contribution < -0.4 is 10.3 Å². The van der Waals surface area contributed by atoms with Crippen molar-refractivity contribution in [2.45, 2.75) is 25.8 Å². The predicted molar refractivity (Wildman–Crippen MR) is 152 cm³/mol. The summed E-state index contributed by atoms with van der Waals surface area (Å²) in [6.45, 7) is 5.35. The van der Waals surface area contributed by atoms with Crippen LogP contribution in [-0.4, -0.2) is 62.8 Å². The first-order valence-electron chi connectivity index (χ1n) is 13.1. The first-order valence-corrected chi connectivity index (χ1v) is 13.5. The van der Waals surface area contributed by atoms with E-state index in [0.29, 0.717) is 50.4 Å². The van der Waals surface area contributed by atoms with Gasteiger partial charge in [-0.2, -0.15) is 0 Å². The number of benzene rings is 2. The Balaban J connectivity index is 1.42. The first kappa shape index (κ1) is 26.4. The molecule has 1 aliphatic rings. The van der Waals surface area contributed by atoms with Gasteiger partial charge in [0, 0.05) is 67.8 Å². The summed E-state index contributed by atoms with van der Waals surface area (Å²) in [6, 6.07) is 10.1. The number of fused-ring (bicyclic) bond motifs is 3. The molecule has 0 unspecified atom stereocenters. The molecular weight excluding hydrogens is 535 g/mol. The number of ether oxygens (including phenoxy) is 2. The molecular formula is C29H28ClFN6O3. The second-order valence-electron chi connectivity index (χ2n) is 9.90. The average molecular weight is 563 g/mol. The molecule has 6 rings (SSSR count). The minimum atomic E-state index is -0.501. The fraction of sp³-hybridized carbons (Fsp3) is 0.310. The minimum absolute atomic E-state index is 0.169. The Morgan fingerprint density at radius 1 is 1.12 bits per heavy atom. The van der Waals surface area contributed by atoms with E-state index >= 15 is 4.39 Å². The Morgan fingerprint density at radius 2 is 1.90 bits per heavy atom. The second-order valence-corrected chi connectivity index (χ2v) is 10.3. The first-order chi connectivity index (χ1) is 19.4. The Kier molecular flexibility index (Phi) is 7.22. The highest BCUT2D eigenvalue weighted by Gasteiger charge is 2.26. The molecule has 11 heteroatoms. The van der Waals surface area contributed by atoms with Gasteiger partial charge in [0.05, 0.1) is 22.7 Å². The normalized spacial score (nSPS) is 14.8. The van der Waals surface area contributed by atoms with Gasteiger partial charge in [0.15, 0.2) is 5.52 Å². The number of halogens is 2. The second kappa shape index (κ2) is 11.0. The highest BCUT2D eigenvalue weighted by molar-refractivity contribution is 6.33. The van der Waals surface area contributed by atoms with E-state index in [1.54, 1.807) is 49.8 Å². The van der Waals surface area contributed by atoms with Crippen LogP contribution in [0.4, 0.5) is 4.39 Å². The zero-order chi connectivity index (χ0) is 27.8. The number of piperidine rings is 1. The van der Waals surface area contributed by atoms with Crippen LogP contribution in [-0.2, 0) is 4.74 Å². The van der Waals surface area contributed by atoms with Gasteiger partial charge in [0.25, 0.3) is 5.56 Å². The zero-order valence-corrected chi connectivity index (χ0v) is 22.9. The highest BCUT2D eigenvalue weighted by Crippen LogP contribution is 2.38. The molecule has 0 atom stereocenters. The standard InChI is InChI=1S/C29H28ClFN6O3/c1-17-34-26-27(37(17)18-6-10-36(11-7-18)12-13-39-2)22-15-21(24(31)16-25(22)35-28(26)38)20-5-4-19(14-23(20)30)40-29-32-8-3-9-33-29/h3-5,8-9,14-16,18H,6-7,10-13H2,1-2H3,(H,35,38). The van der Waals surface area contributed by atoms with Crippen LogP contribution in [0.5, 0.6) is 11.8 Å². The summed E-state index contributed by atoms with van der Waals surface area (Å²) in [5.41, 5.74) is 1.95. The minimum Gasteiger partial charge on any atom is -0.424 e. The molecule has 0 radical (unpaired) electrons. The number of rotatable bonds is 7. The molecule has 0 bridgehead atoms. The van der Waals surface area contributed by atoms with Gasteiger partial charge in [0.2, 0.25) is 0 Å². The smallest absolute Gasteiger partial charge is 0.321 e. The van der Waals surface area contributed by atoms with Crippen LogP contribution in [0.2, 0.25) is 5.02 Å². The summed E-state index contributed by atoms with van der Waals surface area (Å²) in [4.78, 5) is 30.9. The number of aryl methyl sites for hydroxylation is 1. The number of nitrogens with one attached hydrogen (secondary N) is 1. The lowest BCUT2D eigenvalue weighted by atomic mass is 10.0. The Morgan fingerprint density at radius 3 is 2.62 bits per heavy atom. The Labute approximate surface area is 234 Å². The van der Waals surface area contributed by atoms with E-state index in [2.05, 4.69) is 29.4 Å². The molecule has 206 valence electrons. The summed E-state index contributed by atoms with van der Waals surface area (Å²) in [5.74, 6) is 0.689. The van der Waals surface area contributed by atoms with Crippen LogP contribution in [0, 0.1) is 12.7 Å². The van der Waals surface area contributed by atoms with Gasteiger partial charge in [0.1, 0.15) is 17.4 Å². The Bertz CT molecular complexity index is 1750. The number of aromatic amines is 1. The molecule has 2 aromatic carbocycles. The van der Waals surface area contributed by atoms with Gasteiger partial charge in [-0.25, -0.2) is 19.3 Å². The summed E-state index contributed by atoms with van der Waals surface area (Å²) < 4.78 is 28.6. The molecule has 3 aromatic heterocycles. The van der Waals surface area contributed by atoms with Crippen LogP contribution >= 0.6 is 11.6 Å². The van der Waals surface area contributed by atoms with Gasteiger partial charge >= 0.3 is 6.01 Å². The number of hydrogen-bond acceptors (Lipinski definition) is 7. The number of likely N-dealkylation sites (tertiary alicyclic amines) is 1. The Hall–Kier alpha value is -3.86. The maximum Gasteiger partial charge on any atom is 0.321 e. The fourth-order valence-electron chi connectivity index (χ4n) is 5.51. The number of hydrogen-bond donors (Lipinski definition) is 1. The maximum atomic E-state index is 15.5. The van der Waals surface area contributed by atoms with Gasteiger partial charge in [-0.3, -0.25) is 4.79 Å². The molecule has 9 nitrogen and oxygen atoms in total. The molecule has 5 aromatic rings. The van der Waals surface area contributed by atoms with E-state index < -0.39 is 5.82 Å². The van der Waals surface area contributed by atoms with Crippen LogP contribution in [0.25, 0.3) is 33.1 Å². The monoisotopic (exact) mass is 562 g/mol. The molecule has 0 amide bonds. The highest BCUT2D eigenvalue weighted by atomic mass is 35.5. The lowest BCUT2D eigenvalue weighted by molar-refractivity contribution is 0.122. The van der Waals surface area contributed by atoms with E-state index in [-0.39, 0.29) is 17.6 Å². The summed E-state index contributed by atoms with van der Waals surface area (Å²) in [7, 11) is 1.71. The van der Waals surface area contributed by atoms with Crippen molar-refractivity contribution in [2.75, 3.05) is 33.4 Å². The van der Waals surface area contributed by atoms with Crippen molar-refractivity contribution in [2.24, 2.45) is 0 Å². The summed E-state index contributed by atoms with van der Waals surface area (Å²) in [6.07, 6.45) is 4.98. The number of pyridine rings is 1. The predicted octanol–water partition coefficient (Wildman–Crippen LogP) is 5.51. The third kappa shape index (κ3) is 4.94. The number of imidazole rings is 1. The van der Waals surface area contributed by atoms with Crippen molar-refractivity contribution in [1.82, 2.24) is 29.4 Å². The molecule has 1 fully saturated rings. The van der Waals surface area contributed by atoms with E-state index in [1.165, 1.54) is 6.07 Å². The largest absolute Gasteiger partial charge is 0.424 e. The number of methoxy groups -OCH3 is 1. The van der Waals surface area contributed by atoms with Crippen molar-refractivity contribution in [3.8, 4) is 22.9 Å². The maximum absolute atomic E-state index is 15.5. The topological polar surface area (TPSA) is 98.2 Å². The third-order valence-corrected chi connectivity index (χ3v) is 7.74. The van der Waals surface area contributed by atoms with Crippen molar-refractivity contribution in [3.63, 3.8) is 0 Å². The van der Waals surface area contributed by atoms with Crippen molar-refractivity contribution in [1.29, 1.82) is 0 Å². The SMILES string of the molecule is COCCN1CCC(n2c(C)nc3c(=O)[nH]c4cc(F)c(-c5ccc(Oc6ncccn6)cc5Cl)cc4c32)CC1. The molecule has 0 aliphatic carbocycles. The van der Waals surface area contributed by atoms with E-state index in [0.717, 1.165) is 38.3 Å². The molecule has 1 N–H and O–H groups in total. The van der Waals surface area contributed by atoms with Crippen molar-refractivity contribution < 1.29 is 13.9 Å². The lowest BCUT2D eigenvalue weighted by Gasteiger charge is -2.33.